The van der Waals surface area contributed by atoms with E-state index in [1.54, 1.807) is 23.4 Å². The SMILES string of the molecule is C[CH2][Al]1[CH2]CC2C3CC(C4CC=CC34)[CH]21. The third kappa shape index (κ3) is 1.05. The molecule has 3 fully saturated rings. The Hall–Kier alpha value is 0.272. The molecule has 2 bridgehead atoms. The second-order valence-electron chi connectivity index (χ2n) is 6.46. The smallest absolute Gasteiger partial charge is 0.0965 e. The van der Waals surface area contributed by atoms with Crippen LogP contribution in [0.2, 0.25) is 15.3 Å². The average molecular weight is 216 g/mol. The van der Waals surface area contributed by atoms with Crippen LogP contribution in [-0.4, -0.2) is 14.1 Å². The molecule has 1 saturated heterocycles. The molecule has 0 spiro atoms. The molecule has 1 heterocycles. The Morgan fingerprint density at radius 1 is 1.20 bits per heavy atom. The molecular weight excluding hydrogens is 195 g/mol. The lowest BCUT2D eigenvalue weighted by atomic mass is 9.74. The summed E-state index contributed by atoms with van der Waals surface area (Å²) in [7, 11) is 0. The van der Waals surface area contributed by atoms with Crippen LogP contribution in [0.15, 0.2) is 12.2 Å². The summed E-state index contributed by atoms with van der Waals surface area (Å²) < 4.78 is 1.29. The van der Waals surface area contributed by atoms with E-state index in [0.717, 1.165) is 17.8 Å². The summed E-state index contributed by atoms with van der Waals surface area (Å²) in [6.45, 7) is 2.48. The summed E-state index contributed by atoms with van der Waals surface area (Å²) in [5.74, 6) is 5.71. The number of rotatable bonds is 1. The van der Waals surface area contributed by atoms with Gasteiger partial charge in [0.1, 0.15) is 0 Å². The van der Waals surface area contributed by atoms with Crippen molar-refractivity contribution in [3.63, 3.8) is 0 Å². The Bertz CT molecular complexity index is 308. The van der Waals surface area contributed by atoms with Gasteiger partial charge in [0, 0.05) is 0 Å². The van der Waals surface area contributed by atoms with Gasteiger partial charge in [-0.15, -0.1) is 0 Å². The molecule has 1 aliphatic heterocycles. The summed E-state index contributed by atoms with van der Waals surface area (Å²) >= 11 is -0.295. The van der Waals surface area contributed by atoms with Crippen molar-refractivity contribution in [3.05, 3.63) is 12.2 Å². The fourth-order valence-corrected chi connectivity index (χ4v) is 10.4. The Morgan fingerprint density at radius 2 is 2.13 bits per heavy atom. The van der Waals surface area contributed by atoms with Gasteiger partial charge in [0.05, 0.1) is 0 Å². The van der Waals surface area contributed by atoms with E-state index in [4.69, 9.17) is 0 Å². The predicted molar refractivity (Wildman–Crippen MR) is 65.2 cm³/mol. The topological polar surface area (TPSA) is 0 Å². The van der Waals surface area contributed by atoms with E-state index < -0.39 is 0 Å². The fraction of sp³-hybridized carbons (Fsp3) is 0.857. The Kier molecular flexibility index (Phi) is 1.95. The van der Waals surface area contributed by atoms with Crippen molar-refractivity contribution < 1.29 is 0 Å². The van der Waals surface area contributed by atoms with Crippen LogP contribution in [0.3, 0.4) is 0 Å². The minimum atomic E-state index is -0.295. The van der Waals surface area contributed by atoms with E-state index in [2.05, 4.69) is 19.1 Å². The molecule has 0 amide bonds. The third-order valence-corrected chi connectivity index (χ3v) is 10.5. The molecule has 3 aliphatic carbocycles. The van der Waals surface area contributed by atoms with Crippen LogP contribution in [0, 0.1) is 29.6 Å². The Morgan fingerprint density at radius 3 is 3.00 bits per heavy atom. The zero-order chi connectivity index (χ0) is 9.99. The second kappa shape index (κ2) is 3.15. The minimum Gasteiger partial charge on any atom is -0.0965 e. The monoisotopic (exact) mass is 216 g/mol. The molecule has 6 atom stereocenters. The van der Waals surface area contributed by atoms with Crippen molar-refractivity contribution in [1.82, 2.24) is 0 Å². The van der Waals surface area contributed by atoms with Gasteiger partial charge in [0.25, 0.3) is 14.1 Å². The zero-order valence-electron chi connectivity index (χ0n) is 9.73. The highest BCUT2D eigenvalue weighted by molar-refractivity contribution is 6.61. The van der Waals surface area contributed by atoms with Crippen LogP contribution < -0.4 is 0 Å². The normalized spacial score (nSPS) is 55.1. The van der Waals surface area contributed by atoms with Crippen molar-refractivity contribution in [2.45, 2.75) is 41.5 Å². The summed E-state index contributed by atoms with van der Waals surface area (Å²) in [6, 6.07) is 0. The molecule has 15 heavy (non-hydrogen) atoms. The molecule has 4 rings (SSSR count). The molecular formula is C14H21Al. The summed E-state index contributed by atoms with van der Waals surface area (Å²) in [4.78, 5) is 0. The van der Waals surface area contributed by atoms with Crippen molar-refractivity contribution in [1.29, 1.82) is 0 Å². The molecule has 0 aromatic carbocycles. The standard InChI is InChI=1S/C12H16.C2H5.Al/c1-2-8-6-9-7-12(8)11-5-3-4-10(9)11;1-2;/h3,5-6,8-12H,1-2,4,7H2;1H2,2H3;. The molecule has 1 heteroatoms. The first-order valence-corrected chi connectivity index (χ1v) is 9.36. The van der Waals surface area contributed by atoms with Gasteiger partial charge in [-0.3, -0.25) is 0 Å². The van der Waals surface area contributed by atoms with Crippen LogP contribution in [0.5, 0.6) is 0 Å². The largest absolute Gasteiger partial charge is 0.266 e. The van der Waals surface area contributed by atoms with E-state index in [-0.39, 0.29) is 14.1 Å². The first-order chi connectivity index (χ1) is 7.40. The van der Waals surface area contributed by atoms with Crippen LogP contribution in [0.1, 0.15) is 26.2 Å². The first-order valence-electron chi connectivity index (χ1n) is 7.06. The van der Waals surface area contributed by atoms with Gasteiger partial charge in [-0.1, -0.05) is 40.8 Å². The lowest BCUT2D eigenvalue weighted by Gasteiger charge is -2.36. The molecule has 0 N–H and O–H groups in total. The highest BCUT2D eigenvalue weighted by atomic mass is 27.2. The molecule has 0 radical (unpaired) electrons. The minimum absolute atomic E-state index is 0.295. The van der Waals surface area contributed by atoms with Crippen LogP contribution in [-0.2, 0) is 0 Å². The van der Waals surface area contributed by atoms with Crippen molar-refractivity contribution >= 4 is 14.1 Å². The number of hydrogen-bond donors (Lipinski definition) is 0. The van der Waals surface area contributed by atoms with E-state index in [0.29, 0.717) is 0 Å². The molecule has 0 nitrogen and oxygen atoms in total. The number of fused-ring (bicyclic) bond motifs is 8. The average Bonchev–Trinajstić information content (AvgIpc) is 2.95. The summed E-state index contributed by atoms with van der Waals surface area (Å²) in [5.41, 5.74) is 0. The summed E-state index contributed by atoms with van der Waals surface area (Å²) in [6.07, 6.45) is 9.80. The zero-order valence-corrected chi connectivity index (χ0v) is 10.9. The lowest BCUT2D eigenvalue weighted by Crippen LogP contribution is -2.31. The molecule has 6 unspecified atom stereocenters. The van der Waals surface area contributed by atoms with Gasteiger partial charge >= 0.3 is 0 Å². The van der Waals surface area contributed by atoms with E-state index >= 15 is 0 Å². The van der Waals surface area contributed by atoms with Gasteiger partial charge in [0.2, 0.25) is 0 Å². The summed E-state index contributed by atoms with van der Waals surface area (Å²) in [5, 5.41) is 3.29. The van der Waals surface area contributed by atoms with Crippen LogP contribution >= 0.6 is 0 Å². The van der Waals surface area contributed by atoms with Crippen molar-refractivity contribution in [3.8, 4) is 0 Å². The van der Waals surface area contributed by atoms with Crippen LogP contribution in [0.4, 0.5) is 0 Å². The maximum absolute atomic E-state index is 2.59. The van der Waals surface area contributed by atoms with E-state index in [1.165, 1.54) is 23.0 Å². The molecule has 0 aromatic heterocycles. The van der Waals surface area contributed by atoms with Crippen molar-refractivity contribution in [2.24, 2.45) is 29.6 Å². The quantitative estimate of drug-likeness (QED) is 0.463. The van der Waals surface area contributed by atoms with Gasteiger partial charge in [-0.05, 0) is 42.4 Å². The molecule has 2 saturated carbocycles. The Balaban J connectivity index is 1.68. The highest BCUT2D eigenvalue weighted by Crippen LogP contribution is 2.68. The van der Waals surface area contributed by atoms with Gasteiger partial charge in [0.15, 0.2) is 0 Å². The van der Waals surface area contributed by atoms with E-state index in [9.17, 15) is 0 Å². The van der Waals surface area contributed by atoms with Gasteiger partial charge < -0.3 is 0 Å². The van der Waals surface area contributed by atoms with E-state index in [1.807, 2.05) is 0 Å². The van der Waals surface area contributed by atoms with Gasteiger partial charge in [-0.25, -0.2) is 0 Å². The number of hydrogen-bond acceptors (Lipinski definition) is 0. The molecule has 80 valence electrons. The lowest BCUT2D eigenvalue weighted by molar-refractivity contribution is 0.217. The maximum Gasteiger partial charge on any atom is 0.266 e. The second-order valence-corrected chi connectivity index (χ2v) is 10.1. The van der Waals surface area contributed by atoms with Crippen LogP contribution in [0.25, 0.3) is 0 Å². The fourth-order valence-electron chi connectivity index (χ4n) is 5.95. The molecule has 4 aliphatic rings. The predicted octanol–water partition coefficient (Wildman–Crippen LogP) is 3.73. The maximum atomic E-state index is 2.59. The van der Waals surface area contributed by atoms with Gasteiger partial charge in [-0.2, -0.15) is 0 Å². The van der Waals surface area contributed by atoms with Crippen molar-refractivity contribution in [2.75, 3.05) is 0 Å². The Labute approximate surface area is 97.5 Å². The number of allylic oxidation sites excluding steroid dienone is 2. The first kappa shape index (κ1) is 9.32. The molecule has 0 aromatic rings. The third-order valence-electron chi connectivity index (χ3n) is 6.33. The highest BCUT2D eigenvalue weighted by Gasteiger charge is 2.61.